The summed E-state index contributed by atoms with van der Waals surface area (Å²) in [6.07, 6.45) is 0. The molecule has 1 saturated heterocycles. The van der Waals surface area contributed by atoms with Crippen LogP contribution in [0.3, 0.4) is 0 Å². The Morgan fingerprint density at radius 2 is 1.91 bits per heavy atom. The number of rotatable bonds is 4. The van der Waals surface area contributed by atoms with Gasteiger partial charge in [0.15, 0.2) is 0 Å². The zero-order chi connectivity index (χ0) is 16.1. The Morgan fingerprint density at radius 3 is 2.50 bits per heavy atom. The molecule has 5 nitrogen and oxygen atoms in total. The second-order valence-electron chi connectivity index (χ2n) is 5.18. The maximum absolute atomic E-state index is 13.4. The summed E-state index contributed by atoms with van der Waals surface area (Å²) < 4.78 is 13.9. The lowest BCUT2D eigenvalue weighted by molar-refractivity contribution is -0.122. The highest BCUT2D eigenvalue weighted by molar-refractivity contribution is 9.10. The van der Waals surface area contributed by atoms with E-state index in [0.717, 1.165) is 0 Å². The van der Waals surface area contributed by atoms with Gasteiger partial charge in [0, 0.05) is 42.8 Å². The Bertz CT molecular complexity index is 539. The maximum Gasteiger partial charge on any atom is 0.254 e. The first kappa shape index (κ1) is 16.9. The molecule has 0 bridgehead atoms. The molecule has 1 N–H and O–H groups in total. The van der Waals surface area contributed by atoms with Crippen LogP contribution in [0.15, 0.2) is 22.7 Å². The molecular formula is C15H19BrFN3O2. The molecule has 1 aliphatic rings. The molecule has 1 aromatic carbocycles. The largest absolute Gasteiger partial charge is 0.355 e. The smallest absolute Gasteiger partial charge is 0.254 e. The zero-order valence-corrected chi connectivity index (χ0v) is 14.0. The summed E-state index contributed by atoms with van der Waals surface area (Å²) in [5.74, 6) is -0.623. The Balaban J connectivity index is 1.91. The molecule has 0 radical (unpaired) electrons. The second-order valence-corrected chi connectivity index (χ2v) is 6.10. The SMILES string of the molecule is CCNC(=O)CN1CCN(C(=O)c2cc(F)cc(Br)c2)CC1. The van der Waals surface area contributed by atoms with Crippen molar-refractivity contribution in [3.05, 3.63) is 34.1 Å². The fourth-order valence-electron chi connectivity index (χ4n) is 2.43. The number of hydrogen-bond acceptors (Lipinski definition) is 3. The van der Waals surface area contributed by atoms with Gasteiger partial charge in [-0.25, -0.2) is 4.39 Å². The van der Waals surface area contributed by atoms with E-state index in [-0.39, 0.29) is 11.8 Å². The molecule has 0 unspecified atom stereocenters. The molecule has 0 aromatic heterocycles. The van der Waals surface area contributed by atoms with Gasteiger partial charge in [0.05, 0.1) is 6.54 Å². The maximum atomic E-state index is 13.4. The number of piperazine rings is 1. The lowest BCUT2D eigenvalue weighted by Gasteiger charge is -2.34. The van der Waals surface area contributed by atoms with Crippen LogP contribution in [0.1, 0.15) is 17.3 Å². The molecule has 1 aliphatic heterocycles. The molecule has 1 heterocycles. The molecular weight excluding hydrogens is 353 g/mol. The summed E-state index contributed by atoms with van der Waals surface area (Å²) >= 11 is 3.19. The quantitative estimate of drug-likeness (QED) is 0.871. The van der Waals surface area contributed by atoms with E-state index in [1.54, 1.807) is 11.0 Å². The number of hydrogen-bond donors (Lipinski definition) is 1. The van der Waals surface area contributed by atoms with Crippen molar-refractivity contribution in [1.29, 1.82) is 0 Å². The van der Waals surface area contributed by atoms with E-state index in [4.69, 9.17) is 0 Å². The van der Waals surface area contributed by atoms with Gasteiger partial charge in [-0.05, 0) is 25.1 Å². The van der Waals surface area contributed by atoms with Crippen LogP contribution >= 0.6 is 15.9 Å². The number of nitrogens with one attached hydrogen (secondary N) is 1. The van der Waals surface area contributed by atoms with E-state index in [1.165, 1.54) is 12.1 Å². The predicted octanol–water partition coefficient (Wildman–Crippen LogP) is 1.48. The molecule has 0 atom stereocenters. The van der Waals surface area contributed by atoms with Crippen LogP contribution in [0.5, 0.6) is 0 Å². The fraction of sp³-hybridized carbons (Fsp3) is 0.467. The second kappa shape index (κ2) is 7.69. The lowest BCUT2D eigenvalue weighted by Crippen LogP contribution is -2.51. The van der Waals surface area contributed by atoms with Crippen molar-refractivity contribution < 1.29 is 14.0 Å². The minimum atomic E-state index is -0.437. The molecule has 2 rings (SSSR count). The van der Waals surface area contributed by atoms with E-state index in [2.05, 4.69) is 21.2 Å². The highest BCUT2D eigenvalue weighted by Gasteiger charge is 2.23. The van der Waals surface area contributed by atoms with Crippen molar-refractivity contribution in [1.82, 2.24) is 15.1 Å². The summed E-state index contributed by atoms with van der Waals surface area (Å²) in [6.45, 7) is 5.19. The molecule has 7 heteroatoms. The number of carbonyl (C=O) groups excluding carboxylic acids is 2. The van der Waals surface area contributed by atoms with Crippen LogP contribution in [-0.4, -0.2) is 60.9 Å². The highest BCUT2D eigenvalue weighted by atomic mass is 79.9. The van der Waals surface area contributed by atoms with Crippen LogP contribution in [0.25, 0.3) is 0 Å². The third-order valence-corrected chi connectivity index (χ3v) is 3.97. The minimum Gasteiger partial charge on any atom is -0.355 e. The van der Waals surface area contributed by atoms with E-state index >= 15 is 0 Å². The summed E-state index contributed by atoms with van der Waals surface area (Å²) in [5.41, 5.74) is 0.337. The Hall–Kier alpha value is -1.47. The van der Waals surface area contributed by atoms with E-state index < -0.39 is 5.82 Å². The topological polar surface area (TPSA) is 52.7 Å². The van der Waals surface area contributed by atoms with Gasteiger partial charge in [0.1, 0.15) is 5.82 Å². The summed E-state index contributed by atoms with van der Waals surface area (Å²) in [6, 6.07) is 4.18. The minimum absolute atomic E-state index is 0.00339. The molecule has 0 saturated carbocycles. The van der Waals surface area contributed by atoms with Crippen molar-refractivity contribution in [3.8, 4) is 0 Å². The molecule has 120 valence electrons. The van der Waals surface area contributed by atoms with Crippen LogP contribution < -0.4 is 5.32 Å². The van der Waals surface area contributed by atoms with Crippen molar-refractivity contribution in [2.24, 2.45) is 0 Å². The number of amides is 2. The number of likely N-dealkylation sites (N-methyl/N-ethyl adjacent to an activating group) is 1. The fourth-order valence-corrected chi connectivity index (χ4v) is 2.89. The summed E-state index contributed by atoms with van der Waals surface area (Å²) in [5, 5.41) is 2.76. The Kier molecular flexibility index (Phi) is 5.90. The van der Waals surface area contributed by atoms with Crippen LogP contribution in [0.2, 0.25) is 0 Å². The lowest BCUT2D eigenvalue weighted by atomic mass is 10.1. The predicted molar refractivity (Wildman–Crippen MR) is 85.1 cm³/mol. The van der Waals surface area contributed by atoms with E-state index in [9.17, 15) is 14.0 Å². The standard InChI is InChI=1S/C15H19BrFN3O2/c1-2-18-14(21)10-19-3-5-20(6-4-19)15(22)11-7-12(16)9-13(17)8-11/h7-9H,2-6,10H2,1H3,(H,18,21). The first-order valence-corrected chi connectivity index (χ1v) is 8.03. The van der Waals surface area contributed by atoms with Gasteiger partial charge in [-0.15, -0.1) is 0 Å². The molecule has 0 spiro atoms. The van der Waals surface area contributed by atoms with Crippen LogP contribution in [0.4, 0.5) is 4.39 Å². The molecule has 22 heavy (non-hydrogen) atoms. The first-order chi connectivity index (χ1) is 10.5. The number of nitrogens with zero attached hydrogens (tertiary/aromatic N) is 2. The zero-order valence-electron chi connectivity index (χ0n) is 12.4. The number of benzene rings is 1. The molecule has 2 amide bonds. The highest BCUT2D eigenvalue weighted by Crippen LogP contribution is 2.17. The van der Waals surface area contributed by atoms with Crippen molar-refractivity contribution >= 4 is 27.7 Å². The average molecular weight is 372 g/mol. The Labute approximate surface area is 137 Å². The van der Waals surface area contributed by atoms with Gasteiger partial charge in [-0.3, -0.25) is 14.5 Å². The Morgan fingerprint density at radius 1 is 1.23 bits per heavy atom. The van der Waals surface area contributed by atoms with Crippen LogP contribution in [-0.2, 0) is 4.79 Å². The third-order valence-electron chi connectivity index (χ3n) is 3.51. The monoisotopic (exact) mass is 371 g/mol. The van der Waals surface area contributed by atoms with Gasteiger partial charge in [-0.1, -0.05) is 15.9 Å². The van der Waals surface area contributed by atoms with E-state index in [1.807, 2.05) is 11.8 Å². The third kappa shape index (κ3) is 4.51. The average Bonchev–Trinajstić information content (AvgIpc) is 2.46. The van der Waals surface area contributed by atoms with Crippen molar-refractivity contribution in [2.75, 3.05) is 39.3 Å². The molecule has 0 aliphatic carbocycles. The molecule has 1 fully saturated rings. The first-order valence-electron chi connectivity index (χ1n) is 7.24. The van der Waals surface area contributed by atoms with Gasteiger partial charge < -0.3 is 10.2 Å². The normalized spacial score (nSPS) is 15.7. The van der Waals surface area contributed by atoms with Crippen molar-refractivity contribution in [2.45, 2.75) is 6.92 Å². The summed E-state index contributed by atoms with van der Waals surface area (Å²) in [4.78, 5) is 27.6. The van der Waals surface area contributed by atoms with Crippen LogP contribution in [0, 0.1) is 5.82 Å². The molecule has 1 aromatic rings. The number of carbonyl (C=O) groups is 2. The van der Waals surface area contributed by atoms with E-state index in [0.29, 0.717) is 49.3 Å². The van der Waals surface area contributed by atoms with Gasteiger partial charge >= 0.3 is 0 Å². The van der Waals surface area contributed by atoms with Gasteiger partial charge in [-0.2, -0.15) is 0 Å². The summed E-state index contributed by atoms with van der Waals surface area (Å²) in [7, 11) is 0. The van der Waals surface area contributed by atoms with Gasteiger partial charge in [0.25, 0.3) is 5.91 Å². The number of halogens is 2. The van der Waals surface area contributed by atoms with Crippen molar-refractivity contribution in [3.63, 3.8) is 0 Å². The van der Waals surface area contributed by atoms with Gasteiger partial charge in [0.2, 0.25) is 5.91 Å².